The fraction of sp³-hybridized carbons (Fsp3) is 0.533. The van der Waals surface area contributed by atoms with Crippen molar-refractivity contribution in [3.05, 3.63) is 24.3 Å². The fourth-order valence-corrected chi connectivity index (χ4v) is 3.51. The molecule has 1 aliphatic carbocycles. The summed E-state index contributed by atoms with van der Waals surface area (Å²) in [5.74, 6) is 0.648. The van der Waals surface area contributed by atoms with Crippen molar-refractivity contribution in [1.29, 1.82) is 0 Å². The summed E-state index contributed by atoms with van der Waals surface area (Å²) in [5, 5.41) is 2.78. The summed E-state index contributed by atoms with van der Waals surface area (Å²) in [6.45, 7) is 0. The normalized spacial score (nSPS) is 16.6. The number of anilines is 1. The highest BCUT2D eigenvalue weighted by Crippen LogP contribution is 2.27. The number of amides is 1. The van der Waals surface area contributed by atoms with Crippen LogP contribution >= 0.6 is 10.7 Å². The molecule has 2 rings (SSSR count). The molecular weight excluding hydrogens is 310 g/mol. The first-order valence-electron chi connectivity index (χ1n) is 7.30. The van der Waals surface area contributed by atoms with E-state index in [2.05, 4.69) is 5.32 Å². The number of nitrogens with one attached hydrogen (secondary N) is 1. The van der Waals surface area contributed by atoms with E-state index in [1.807, 2.05) is 0 Å². The maximum absolute atomic E-state index is 11.9. The minimum absolute atomic E-state index is 0.0259. The van der Waals surface area contributed by atoms with Gasteiger partial charge in [0.2, 0.25) is 5.91 Å². The van der Waals surface area contributed by atoms with Crippen LogP contribution in [0.5, 0.6) is 0 Å². The van der Waals surface area contributed by atoms with Gasteiger partial charge in [0.25, 0.3) is 9.05 Å². The van der Waals surface area contributed by atoms with Gasteiger partial charge in [-0.3, -0.25) is 4.79 Å². The van der Waals surface area contributed by atoms with Crippen molar-refractivity contribution in [3.63, 3.8) is 0 Å². The number of carbonyl (C=O) groups is 1. The van der Waals surface area contributed by atoms with Crippen LogP contribution in [-0.2, 0) is 13.8 Å². The van der Waals surface area contributed by atoms with Crippen LogP contribution < -0.4 is 5.32 Å². The standard InChI is InChI=1S/C15H20ClNO3S/c16-21(19,20)14-9-7-13(8-10-14)17-15(18)11-6-12-4-2-1-3-5-12/h7-10,12H,1-6,11H2,(H,17,18). The van der Waals surface area contributed by atoms with E-state index in [1.54, 1.807) is 12.1 Å². The molecular formula is C15H20ClNO3S. The predicted octanol–water partition coefficient (Wildman–Crippen LogP) is 3.91. The Balaban J connectivity index is 1.82. The van der Waals surface area contributed by atoms with Gasteiger partial charge in [0.15, 0.2) is 0 Å². The molecule has 0 aromatic heterocycles. The molecule has 4 nitrogen and oxygen atoms in total. The quantitative estimate of drug-likeness (QED) is 0.833. The zero-order valence-corrected chi connectivity index (χ0v) is 13.4. The summed E-state index contributed by atoms with van der Waals surface area (Å²) in [5.41, 5.74) is 0.590. The molecule has 1 aromatic carbocycles. The summed E-state index contributed by atoms with van der Waals surface area (Å²) in [4.78, 5) is 11.9. The Kier molecular flexibility index (Phi) is 5.65. The lowest BCUT2D eigenvalue weighted by atomic mass is 9.86. The monoisotopic (exact) mass is 329 g/mol. The minimum atomic E-state index is -3.71. The lowest BCUT2D eigenvalue weighted by molar-refractivity contribution is -0.116. The number of hydrogen-bond acceptors (Lipinski definition) is 3. The SMILES string of the molecule is O=C(CCC1CCCCC1)Nc1ccc(S(=O)(=O)Cl)cc1. The Morgan fingerprint density at radius 2 is 1.76 bits per heavy atom. The Labute approximate surface area is 130 Å². The number of halogens is 1. The fourth-order valence-electron chi connectivity index (χ4n) is 2.74. The smallest absolute Gasteiger partial charge is 0.261 e. The lowest BCUT2D eigenvalue weighted by Crippen LogP contribution is -2.14. The third-order valence-corrected chi connectivity index (χ3v) is 5.29. The van der Waals surface area contributed by atoms with E-state index in [0.717, 1.165) is 6.42 Å². The Bertz CT molecular complexity index is 577. The molecule has 1 aliphatic rings. The first kappa shape index (κ1) is 16.3. The molecule has 1 aromatic rings. The second-order valence-electron chi connectivity index (χ2n) is 5.55. The van der Waals surface area contributed by atoms with Crippen LogP contribution in [0.3, 0.4) is 0 Å². The molecule has 1 N–H and O–H groups in total. The summed E-state index contributed by atoms with van der Waals surface area (Å²) >= 11 is 0. The summed E-state index contributed by atoms with van der Waals surface area (Å²) in [6, 6.07) is 5.87. The first-order valence-corrected chi connectivity index (χ1v) is 9.60. The van der Waals surface area contributed by atoms with Gasteiger partial charge in [0, 0.05) is 22.8 Å². The van der Waals surface area contributed by atoms with Crippen molar-refractivity contribution in [2.45, 2.75) is 49.8 Å². The van der Waals surface area contributed by atoms with E-state index in [0.29, 0.717) is 18.0 Å². The number of rotatable bonds is 5. The number of benzene rings is 1. The van der Waals surface area contributed by atoms with Crippen LogP contribution in [0.4, 0.5) is 5.69 Å². The molecule has 0 unspecified atom stereocenters. The maximum Gasteiger partial charge on any atom is 0.261 e. The van der Waals surface area contributed by atoms with Crippen LogP contribution in [0, 0.1) is 5.92 Å². The summed E-state index contributed by atoms with van der Waals surface area (Å²) in [6.07, 6.45) is 7.78. The molecule has 0 heterocycles. The molecule has 1 amide bonds. The topological polar surface area (TPSA) is 63.2 Å². The van der Waals surface area contributed by atoms with Gasteiger partial charge in [-0.2, -0.15) is 0 Å². The molecule has 21 heavy (non-hydrogen) atoms. The molecule has 0 bridgehead atoms. The largest absolute Gasteiger partial charge is 0.326 e. The Hall–Kier alpha value is -1.07. The van der Waals surface area contributed by atoms with Gasteiger partial charge < -0.3 is 5.32 Å². The molecule has 1 fully saturated rings. The average Bonchev–Trinajstić information content (AvgIpc) is 2.46. The van der Waals surface area contributed by atoms with Crippen LogP contribution in [0.25, 0.3) is 0 Å². The Morgan fingerprint density at radius 1 is 1.14 bits per heavy atom. The van der Waals surface area contributed by atoms with E-state index in [-0.39, 0.29) is 10.8 Å². The van der Waals surface area contributed by atoms with Crippen LogP contribution in [0.15, 0.2) is 29.2 Å². The van der Waals surface area contributed by atoms with Gasteiger partial charge >= 0.3 is 0 Å². The van der Waals surface area contributed by atoms with E-state index >= 15 is 0 Å². The predicted molar refractivity (Wildman–Crippen MR) is 83.9 cm³/mol. The molecule has 0 atom stereocenters. The molecule has 0 spiro atoms. The van der Waals surface area contributed by atoms with Gasteiger partial charge in [-0.1, -0.05) is 32.1 Å². The highest BCUT2D eigenvalue weighted by Gasteiger charge is 2.15. The highest BCUT2D eigenvalue weighted by molar-refractivity contribution is 8.13. The van der Waals surface area contributed by atoms with Crippen LogP contribution in [-0.4, -0.2) is 14.3 Å². The highest BCUT2D eigenvalue weighted by atomic mass is 35.7. The summed E-state index contributed by atoms with van der Waals surface area (Å²) in [7, 11) is 1.52. The van der Waals surface area contributed by atoms with Crippen molar-refractivity contribution < 1.29 is 13.2 Å². The average molecular weight is 330 g/mol. The van der Waals surface area contributed by atoms with Crippen LogP contribution in [0.1, 0.15) is 44.9 Å². The lowest BCUT2D eigenvalue weighted by Gasteiger charge is -2.20. The Morgan fingerprint density at radius 3 is 2.33 bits per heavy atom. The minimum Gasteiger partial charge on any atom is -0.326 e. The van der Waals surface area contributed by atoms with Crippen LogP contribution in [0.2, 0.25) is 0 Å². The van der Waals surface area contributed by atoms with Gasteiger partial charge in [-0.25, -0.2) is 8.42 Å². The van der Waals surface area contributed by atoms with E-state index in [9.17, 15) is 13.2 Å². The third kappa shape index (κ3) is 5.32. The second kappa shape index (κ2) is 7.27. The molecule has 0 aliphatic heterocycles. The molecule has 6 heteroatoms. The zero-order chi connectivity index (χ0) is 15.3. The molecule has 116 valence electrons. The zero-order valence-electron chi connectivity index (χ0n) is 11.8. The van der Waals surface area contributed by atoms with Gasteiger partial charge in [0.1, 0.15) is 0 Å². The molecule has 1 saturated carbocycles. The van der Waals surface area contributed by atoms with Crippen molar-refractivity contribution >= 4 is 31.3 Å². The van der Waals surface area contributed by atoms with E-state index in [1.165, 1.54) is 44.2 Å². The van der Waals surface area contributed by atoms with Crippen molar-refractivity contribution in [2.75, 3.05) is 5.32 Å². The van der Waals surface area contributed by atoms with Gasteiger partial charge in [-0.15, -0.1) is 0 Å². The number of carbonyl (C=O) groups excluding carboxylic acids is 1. The van der Waals surface area contributed by atoms with Gasteiger partial charge in [0.05, 0.1) is 4.90 Å². The van der Waals surface area contributed by atoms with Crippen molar-refractivity contribution in [2.24, 2.45) is 5.92 Å². The maximum atomic E-state index is 11.9. The van der Waals surface area contributed by atoms with Crippen molar-refractivity contribution in [3.8, 4) is 0 Å². The first-order chi connectivity index (χ1) is 9.95. The second-order valence-corrected chi connectivity index (χ2v) is 8.12. The molecule has 0 saturated heterocycles. The number of hydrogen-bond donors (Lipinski definition) is 1. The van der Waals surface area contributed by atoms with E-state index < -0.39 is 9.05 Å². The van der Waals surface area contributed by atoms with Crippen molar-refractivity contribution in [1.82, 2.24) is 0 Å². The van der Waals surface area contributed by atoms with E-state index in [4.69, 9.17) is 10.7 Å². The van der Waals surface area contributed by atoms with Gasteiger partial charge in [-0.05, 0) is 36.6 Å². The summed E-state index contributed by atoms with van der Waals surface area (Å²) < 4.78 is 22.2. The third-order valence-electron chi connectivity index (χ3n) is 3.92. The molecule has 0 radical (unpaired) electrons.